The monoisotopic (exact) mass is 334 g/mol. The third-order valence-corrected chi connectivity index (χ3v) is 4.41. The van der Waals surface area contributed by atoms with E-state index in [9.17, 15) is 9.59 Å². The largest absolute Gasteiger partial charge is 0.350 e. The van der Waals surface area contributed by atoms with E-state index in [1.165, 1.54) is 0 Å². The van der Waals surface area contributed by atoms with Crippen LogP contribution in [0.1, 0.15) is 36.1 Å². The van der Waals surface area contributed by atoms with Gasteiger partial charge in [-0.15, -0.1) is 0 Å². The smallest absolute Gasteiger partial charge is 0.251 e. The van der Waals surface area contributed by atoms with E-state index in [-0.39, 0.29) is 17.5 Å². The van der Waals surface area contributed by atoms with Gasteiger partial charge >= 0.3 is 0 Å². The normalized spacial score (nSPS) is 12.1. The summed E-state index contributed by atoms with van der Waals surface area (Å²) < 4.78 is 0. The second kappa shape index (κ2) is 7.34. The first-order valence-electron chi connectivity index (χ1n) is 8.50. The lowest BCUT2D eigenvalue weighted by atomic mass is 10.0. The van der Waals surface area contributed by atoms with E-state index in [1.54, 1.807) is 6.92 Å². The van der Waals surface area contributed by atoms with E-state index in [1.807, 2.05) is 61.5 Å². The second-order valence-corrected chi connectivity index (χ2v) is 6.40. The molecule has 1 atom stereocenters. The van der Waals surface area contributed by atoms with Gasteiger partial charge in [0.15, 0.2) is 0 Å². The van der Waals surface area contributed by atoms with Crippen LogP contribution in [0.4, 0.5) is 0 Å². The van der Waals surface area contributed by atoms with Crippen molar-refractivity contribution in [3.63, 3.8) is 0 Å². The van der Waals surface area contributed by atoms with Gasteiger partial charge in [-0.25, -0.2) is 0 Å². The predicted molar refractivity (Wildman–Crippen MR) is 101 cm³/mol. The number of benzene rings is 2. The molecule has 4 heteroatoms. The number of carbonyl (C=O) groups excluding carboxylic acids is 1. The van der Waals surface area contributed by atoms with Crippen LogP contribution in [0.5, 0.6) is 0 Å². The van der Waals surface area contributed by atoms with E-state index in [0.29, 0.717) is 18.4 Å². The van der Waals surface area contributed by atoms with Crippen LogP contribution in [0.2, 0.25) is 0 Å². The van der Waals surface area contributed by atoms with Crippen molar-refractivity contribution in [3.05, 3.63) is 81.6 Å². The molecular formula is C21H22N2O2. The number of H-pyrrole nitrogens is 1. The van der Waals surface area contributed by atoms with Crippen molar-refractivity contribution in [2.75, 3.05) is 0 Å². The van der Waals surface area contributed by atoms with E-state index in [0.717, 1.165) is 22.0 Å². The molecular weight excluding hydrogens is 312 g/mol. The van der Waals surface area contributed by atoms with Crippen LogP contribution in [0.3, 0.4) is 0 Å². The molecule has 4 nitrogen and oxygen atoms in total. The number of hydrogen-bond donors (Lipinski definition) is 2. The van der Waals surface area contributed by atoms with Crippen LogP contribution in [-0.2, 0) is 11.2 Å². The van der Waals surface area contributed by atoms with Gasteiger partial charge in [0.2, 0.25) is 5.91 Å². The second-order valence-electron chi connectivity index (χ2n) is 6.40. The highest BCUT2D eigenvalue weighted by atomic mass is 16.1. The van der Waals surface area contributed by atoms with E-state index >= 15 is 0 Å². The van der Waals surface area contributed by atoms with Gasteiger partial charge in [0.1, 0.15) is 0 Å². The fourth-order valence-electron chi connectivity index (χ4n) is 2.91. The van der Waals surface area contributed by atoms with Gasteiger partial charge in [0.25, 0.3) is 5.56 Å². The maximum Gasteiger partial charge on any atom is 0.251 e. The van der Waals surface area contributed by atoms with Crippen LogP contribution >= 0.6 is 0 Å². The molecule has 2 aromatic carbocycles. The summed E-state index contributed by atoms with van der Waals surface area (Å²) in [4.78, 5) is 26.8. The Kier molecular flexibility index (Phi) is 4.98. The van der Waals surface area contributed by atoms with Crippen molar-refractivity contribution in [1.82, 2.24) is 10.3 Å². The fourth-order valence-corrected chi connectivity index (χ4v) is 2.91. The maximum atomic E-state index is 12.2. The number of fused-ring (bicyclic) bond motifs is 1. The van der Waals surface area contributed by atoms with E-state index < -0.39 is 0 Å². The van der Waals surface area contributed by atoms with E-state index in [2.05, 4.69) is 10.3 Å². The third-order valence-electron chi connectivity index (χ3n) is 4.41. The number of aromatic amines is 1. The Balaban J connectivity index is 1.63. The molecule has 0 spiro atoms. The number of amides is 1. The van der Waals surface area contributed by atoms with Gasteiger partial charge in [-0.1, -0.05) is 42.5 Å². The van der Waals surface area contributed by atoms with Crippen LogP contribution in [0.25, 0.3) is 10.9 Å². The Morgan fingerprint density at radius 3 is 2.64 bits per heavy atom. The predicted octanol–water partition coefficient (Wildman–Crippen LogP) is 3.65. The van der Waals surface area contributed by atoms with Crippen LogP contribution in [-0.4, -0.2) is 10.9 Å². The lowest BCUT2D eigenvalue weighted by Gasteiger charge is -2.14. The molecule has 0 fully saturated rings. The third kappa shape index (κ3) is 4.15. The molecule has 0 aliphatic carbocycles. The summed E-state index contributed by atoms with van der Waals surface area (Å²) in [6.45, 7) is 3.78. The van der Waals surface area contributed by atoms with Crippen LogP contribution in [0.15, 0.2) is 59.4 Å². The summed E-state index contributed by atoms with van der Waals surface area (Å²) in [5, 5.41) is 4.03. The topological polar surface area (TPSA) is 62.0 Å². The molecule has 0 radical (unpaired) electrons. The summed E-state index contributed by atoms with van der Waals surface area (Å²) in [7, 11) is 0. The lowest BCUT2D eigenvalue weighted by Crippen LogP contribution is -2.26. The molecule has 128 valence electrons. The van der Waals surface area contributed by atoms with Gasteiger partial charge in [-0.3, -0.25) is 9.59 Å². The van der Waals surface area contributed by atoms with Gasteiger partial charge < -0.3 is 10.3 Å². The van der Waals surface area contributed by atoms with Gasteiger partial charge in [-0.2, -0.15) is 0 Å². The average Bonchev–Trinajstić information content (AvgIpc) is 2.61. The molecule has 3 aromatic rings. The highest BCUT2D eigenvalue weighted by molar-refractivity contribution is 5.80. The Hall–Kier alpha value is -2.88. The zero-order chi connectivity index (χ0) is 17.8. The molecule has 3 rings (SSSR count). The minimum absolute atomic E-state index is 0.00960. The molecule has 0 saturated heterocycles. The molecule has 0 aliphatic rings. The fraction of sp³-hybridized carbons (Fsp3) is 0.238. The number of aryl methyl sites for hydroxylation is 2. The van der Waals surface area contributed by atoms with Crippen molar-refractivity contribution >= 4 is 16.8 Å². The first-order valence-corrected chi connectivity index (χ1v) is 8.50. The molecule has 1 unspecified atom stereocenters. The Morgan fingerprint density at radius 2 is 1.88 bits per heavy atom. The minimum Gasteiger partial charge on any atom is -0.350 e. The molecule has 2 N–H and O–H groups in total. The number of aromatic nitrogens is 1. The van der Waals surface area contributed by atoms with Crippen molar-refractivity contribution in [2.24, 2.45) is 0 Å². The van der Waals surface area contributed by atoms with E-state index in [4.69, 9.17) is 0 Å². The number of hydrogen-bond acceptors (Lipinski definition) is 2. The first kappa shape index (κ1) is 17.0. The average molecular weight is 334 g/mol. The zero-order valence-corrected chi connectivity index (χ0v) is 14.5. The summed E-state index contributed by atoms with van der Waals surface area (Å²) in [6.07, 6.45) is 1.05. The number of nitrogens with one attached hydrogen (secondary N) is 2. The number of rotatable bonds is 5. The van der Waals surface area contributed by atoms with Gasteiger partial charge in [0, 0.05) is 17.5 Å². The maximum absolute atomic E-state index is 12.2. The van der Waals surface area contributed by atoms with Crippen molar-refractivity contribution in [1.29, 1.82) is 0 Å². The Morgan fingerprint density at radius 1 is 1.12 bits per heavy atom. The molecule has 1 amide bonds. The Labute approximate surface area is 146 Å². The minimum atomic E-state index is -0.0703. The number of carbonyl (C=O) groups is 1. The lowest BCUT2D eigenvalue weighted by molar-refractivity contribution is -0.121. The van der Waals surface area contributed by atoms with Crippen molar-refractivity contribution < 1.29 is 4.79 Å². The molecule has 0 aliphatic heterocycles. The molecule has 0 bridgehead atoms. The highest BCUT2D eigenvalue weighted by Gasteiger charge is 2.09. The molecule has 25 heavy (non-hydrogen) atoms. The summed E-state index contributed by atoms with van der Waals surface area (Å²) in [6, 6.07) is 17.7. The number of pyridine rings is 1. The molecule has 0 saturated carbocycles. The standard InChI is InChI=1S/C21H22N2O2/c1-14-12-18-10-8-16(13-19(18)23-21(14)25)9-11-20(24)22-15(2)17-6-4-3-5-7-17/h3-8,10,12-13,15H,9,11H2,1-2H3,(H,22,24)(H,23,25). The molecule has 1 heterocycles. The SMILES string of the molecule is Cc1cc2ccc(CCC(=O)NC(C)c3ccccc3)cc2[nH]c1=O. The van der Waals surface area contributed by atoms with Gasteiger partial charge in [-0.05, 0) is 48.9 Å². The summed E-state index contributed by atoms with van der Waals surface area (Å²) in [5.74, 6) is 0.0221. The van der Waals surface area contributed by atoms with Crippen molar-refractivity contribution in [3.8, 4) is 0 Å². The Bertz CT molecular complexity index is 945. The van der Waals surface area contributed by atoms with Crippen LogP contribution < -0.4 is 10.9 Å². The van der Waals surface area contributed by atoms with Crippen molar-refractivity contribution in [2.45, 2.75) is 32.7 Å². The first-order chi connectivity index (χ1) is 12.0. The zero-order valence-electron chi connectivity index (χ0n) is 14.5. The summed E-state index contributed by atoms with van der Waals surface area (Å²) in [5.41, 5.74) is 3.57. The molecule has 1 aromatic heterocycles. The van der Waals surface area contributed by atoms with Crippen LogP contribution in [0, 0.1) is 6.92 Å². The highest BCUT2D eigenvalue weighted by Crippen LogP contribution is 2.15. The quantitative estimate of drug-likeness (QED) is 0.748. The summed E-state index contributed by atoms with van der Waals surface area (Å²) >= 11 is 0. The van der Waals surface area contributed by atoms with Gasteiger partial charge in [0.05, 0.1) is 6.04 Å².